The second-order valence-corrected chi connectivity index (χ2v) is 14.4. The molecule has 0 amide bonds. The van der Waals surface area contributed by atoms with Crippen LogP contribution in [-0.2, 0) is 26.5 Å². The van der Waals surface area contributed by atoms with Gasteiger partial charge in [0.15, 0.2) is 0 Å². The number of aromatic nitrogens is 2. The Labute approximate surface area is 320 Å². The van der Waals surface area contributed by atoms with Crippen molar-refractivity contribution in [2.45, 2.75) is 40.0 Å². The van der Waals surface area contributed by atoms with Crippen molar-refractivity contribution in [2.75, 3.05) is 9.80 Å². The summed E-state index contributed by atoms with van der Waals surface area (Å²) in [5, 5.41) is 2.25. The summed E-state index contributed by atoms with van der Waals surface area (Å²) in [6.07, 6.45) is 10.6. The second-order valence-electron chi connectivity index (χ2n) is 14.4. The van der Waals surface area contributed by atoms with Crippen LogP contribution in [0.5, 0.6) is 11.5 Å². The Morgan fingerprint density at radius 1 is 0.769 bits per heavy atom. The third kappa shape index (κ3) is 5.78. The van der Waals surface area contributed by atoms with E-state index in [-0.39, 0.29) is 33.3 Å². The quantitative estimate of drug-likeness (QED) is 0.128. The van der Waals surface area contributed by atoms with Gasteiger partial charge in [0.05, 0.1) is 0 Å². The summed E-state index contributed by atoms with van der Waals surface area (Å²) in [5.41, 5.74) is 10.0. The largest absolute Gasteiger partial charge is 0.509 e. The third-order valence-electron chi connectivity index (χ3n) is 9.95. The minimum atomic E-state index is -0.00746. The van der Waals surface area contributed by atoms with Gasteiger partial charge in [-0.25, -0.2) is 4.98 Å². The number of anilines is 3. The maximum atomic E-state index is 6.54. The van der Waals surface area contributed by atoms with Crippen LogP contribution in [0.3, 0.4) is 0 Å². The van der Waals surface area contributed by atoms with Crippen molar-refractivity contribution in [1.82, 2.24) is 14.4 Å². The van der Waals surface area contributed by atoms with Crippen LogP contribution >= 0.6 is 0 Å². The molecule has 6 aromatic rings. The first-order chi connectivity index (χ1) is 24.7. The minimum absolute atomic E-state index is 0. The molecule has 0 radical (unpaired) electrons. The van der Waals surface area contributed by atoms with Crippen LogP contribution in [0.25, 0.3) is 27.6 Å². The van der Waals surface area contributed by atoms with Gasteiger partial charge in [-0.3, -0.25) is 0 Å². The summed E-state index contributed by atoms with van der Waals surface area (Å²) in [6, 6.07) is 38.6. The van der Waals surface area contributed by atoms with Crippen molar-refractivity contribution < 1.29 is 25.8 Å². The van der Waals surface area contributed by atoms with E-state index in [4.69, 9.17) is 9.72 Å². The minimum Gasteiger partial charge on any atom is -0.509 e. The average molecular weight is 858 g/mol. The van der Waals surface area contributed by atoms with Crippen LogP contribution in [0.4, 0.5) is 17.1 Å². The van der Waals surface area contributed by atoms with E-state index in [0.717, 1.165) is 44.7 Å². The molecule has 0 aliphatic carbocycles. The molecule has 0 bridgehead atoms. The van der Waals surface area contributed by atoms with Crippen LogP contribution in [0.1, 0.15) is 40.2 Å². The van der Waals surface area contributed by atoms with Gasteiger partial charge >= 0.3 is 6.85 Å². The van der Waals surface area contributed by atoms with Crippen LogP contribution in [0.15, 0.2) is 144 Å². The molecule has 3 aliphatic rings. The van der Waals surface area contributed by atoms with Crippen molar-refractivity contribution in [2.24, 2.45) is 0 Å². The molecule has 0 saturated heterocycles. The number of hydrogen-bond acceptors (Lipinski definition) is 5. The maximum absolute atomic E-state index is 6.54. The van der Waals surface area contributed by atoms with Gasteiger partial charge in [0, 0.05) is 55.7 Å². The summed E-state index contributed by atoms with van der Waals surface area (Å²) >= 11 is 0. The predicted molar refractivity (Wildman–Crippen MR) is 209 cm³/mol. The van der Waals surface area contributed by atoms with Crippen molar-refractivity contribution in [3.8, 4) is 17.3 Å². The molecule has 6 nitrogen and oxygen atoms in total. The number of nitrogens with zero attached hydrogens (tertiary/aromatic N) is 5. The fourth-order valence-corrected chi connectivity index (χ4v) is 7.33. The third-order valence-corrected chi connectivity index (χ3v) is 9.95. The topological polar surface area (TPSA) is 36.8 Å². The van der Waals surface area contributed by atoms with E-state index in [9.17, 15) is 0 Å². The molecule has 9 rings (SSSR count). The molecule has 260 valence electrons. The normalized spacial score (nSPS) is 15.3. The van der Waals surface area contributed by atoms with E-state index in [1.165, 1.54) is 22.3 Å². The zero-order valence-electron chi connectivity index (χ0n) is 29.7. The molecule has 0 N–H and O–H groups in total. The van der Waals surface area contributed by atoms with E-state index in [1.54, 1.807) is 0 Å². The van der Waals surface area contributed by atoms with E-state index < -0.39 is 0 Å². The summed E-state index contributed by atoms with van der Waals surface area (Å²) in [4.78, 5) is 11.6. The number of fused-ring (bicyclic) bond motifs is 5. The molecule has 0 fully saturated rings. The second kappa shape index (κ2) is 13.1. The number of allylic oxidation sites excluding steroid dienone is 4. The Morgan fingerprint density at radius 2 is 1.52 bits per heavy atom. The average Bonchev–Trinajstić information content (AvgIpc) is 3.67. The number of hydrogen-bond donors (Lipinski definition) is 0. The van der Waals surface area contributed by atoms with Crippen LogP contribution in [-0.4, -0.2) is 21.2 Å². The molecule has 3 aliphatic heterocycles. The Kier molecular flexibility index (Phi) is 8.50. The van der Waals surface area contributed by atoms with E-state index in [0.29, 0.717) is 11.5 Å². The standard InChI is InChI=1S/C44H37BN5O.Pt/c1-30-20-23-47-24-21-31(2)43(45(47)28-30)49-29-48(39-15-8-9-16-40(39)49)33-11-10-12-34(26-33)51-35-17-18-37-36-13-6-7-14-38(36)50(41(37)27-35)42-25-32(19-22-46-42)44(3,4)5;/h6-25,28-29H,1-5H3;/q-3;. The van der Waals surface area contributed by atoms with Crippen molar-refractivity contribution in [1.29, 1.82) is 0 Å². The first kappa shape index (κ1) is 33.9. The number of pyridine rings is 1. The van der Waals surface area contributed by atoms with Crippen molar-refractivity contribution in [3.63, 3.8) is 0 Å². The number of benzene rings is 4. The molecular weight excluding hydrogens is 820 g/mol. The predicted octanol–water partition coefficient (Wildman–Crippen LogP) is 10.6. The molecular formula is C44H37BN5OPt-3. The Bertz CT molecular complexity index is 2490. The van der Waals surface area contributed by atoms with Crippen LogP contribution in [0, 0.1) is 18.8 Å². The maximum Gasteiger partial charge on any atom is 0.334 e. The smallest absolute Gasteiger partial charge is 0.334 e. The van der Waals surface area contributed by atoms with Crippen LogP contribution < -0.4 is 14.5 Å². The van der Waals surface area contributed by atoms with Gasteiger partial charge in [-0.2, -0.15) is 12.1 Å². The van der Waals surface area contributed by atoms with Gasteiger partial charge in [-0.15, -0.1) is 48.1 Å². The van der Waals surface area contributed by atoms with Gasteiger partial charge in [0.25, 0.3) is 0 Å². The molecule has 0 unspecified atom stereocenters. The molecule has 8 heteroatoms. The molecule has 0 saturated carbocycles. The summed E-state index contributed by atoms with van der Waals surface area (Å²) in [6.45, 7) is 13.3. The molecule has 2 aromatic heterocycles. The van der Waals surface area contributed by atoms with Crippen LogP contribution in [0.2, 0.25) is 0 Å². The fourth-order valence-electron chi connectivity index (χ4n) is 7.33. The first-order valence-corrected chi connectivity index (χ1v) is 17.4. The monoisotopic (exact) mass is 857 g/mol. The first-order valence-electron chi connectivity index (χ1n) is 17.4. The Balaban J connectivity index is 0.00000387. The zero-order valence-corrected chi connectivity index (χ0v) is 32.0. The van der Waals surface area contributed by atoms with Gasteiger partial charge in [0.1, 0.15) is 5.82 Å². The molecule has 5 heterocycles. The van der Waals surface area contributed by atoms with E-state index in [2.05, 4.69) is 176 Å². The van der Waals surface area contributed by atoms with Crippen molar-refractivity contribution >= 4 is 45.7 Å². The Morgan fingerprint density at radius 3 is 2.35 bits per heavy atom. The Hall–Kier alpha value is -5.26. The van der Waals surface area contributed by atoms with E-state index >= 15 is 0 Å². The van der Waals surface area contributed by atoms with Gasteiger partial charge < -0.3 is 23.9 Å². The zero-order chi connectivity index (χ0) is 34.9. The summed E-state index contributed by atoms with van der Waals surface area (Å²) in [7, 11) is 0. The van der Waals surface area contributed by atoms with Gasteiger partial charge in [-0.1, -0.05) is 68.2 Å². The SMILES string of the molecule is CC1=CB2C(N3[CH-]N(c4[c-]c(Oc5[c-]c6c(cc5)c5ccccc5n6-c5cc(C(C)(C)C)ccn5)ccc4)c4ccccc43)=C(C)C=CN2C=C1.[Pt]. The van der Waals surface area contributed by atoms with E-state index in [1.807, 2.05) is 24.4 Å². The van der Waals surface area contributed by atoms with Gasteiger partial charge in [-0.05, 0) is 96.3 Å². The molecule has 0 spiro atoms. The number of para-hydroxylation sites is 3. The number of ether oxygens (including phenoxy) is 1. The molecule has 4 aromatic carbocycles. The van der Waals surface area contributed by atoms with Crippen molar-refractivity contribution in [3.05, 3.63) is 169 Å². The molecule has 0 atom stereocenters. The summed E-state index contributed by atoms with van der Waals surface area (Å²) in [5.74, 6) is 4.41. The summed E-state index contributed by atoms with van der Waals surface area (Å²) < 4.78 is 8.73. The van der Waals surface area contributed by atoms with Gasteiger partial charge in [0.2, 0.25) is 0 Å². The molecule has 52 heavy (non-hydrogen) atoms. The number of rotatable bonds is 5. The fraction of sp³-hybridized carbons (Fsp3) is 0.136.